The van der Waals surface area contributed by atoms with Crippen molar-refractivity contribution in [3.05, 3.63) is 0 Å². The number of likely N-dealkylation sites (N-methyl/N-ethyl adjacent to an activating group) is 1. The zero-order valence-electron chi connectivity index (χ0n) is 8.30. The third-order valence-corrected chi connectivity index (χ3v) is 1.90. The minimum atomic E-state index is -0.205. The highest BCUT2D eigenvalue weighted by atomic mass is 16.5. The molecule has 0 aliphatic rings. The van der Waals surface area contributed by atoms with Crippen molar-refractivity contribution in [2.45, 2.75) is 31.7 Å². The first-order chi connectivity index (χ1) is 6.26. The molecule has 0 radical (unpaired) electrons. The van der Waals surface area contributed by atoms with E-state index < -0.39 is 0 Å². The van der Waals surface area contributed by atoms with Crippen LogP contribution in [-0.2, 0) is 9.53 Å². The van der Waals surface area contributed by atoms with Crippen molar-refractivity contribution in [3.8, 4) is 12.3 Å². The first-order valence-electron chi connectivity index (χ1n) is 4.44. The first-order valence-corrected chi connectivity index (χ1v) is 4.44. The molecule has 0 spiro atoms. The molecule has 13 heavy (non-hydrogen) atoms. The van der Waals surface area contributed by atoms with Gasteiger partial charge in [-0.15, -0.1) is 12.3 Å². The summed E-state index contributed by atoms with van der Waals surface area (Å²) in [4.78, 5) is 11.1. The van der Waals surface area contributed by atoms with Gasteiger partial charge in [0.15, 0.2) is 0 Å². The van der Waals surface area contributed by atoms with E-state index in [0.717, 1.165) is 25.7 Å². The van der Waals surface area contributed by atoms with Gasteiger partial charge in [-0.25, -0.2) is 0 Å². The average Bonchev–Trinajstić information content (AvgIpc) is 2.17. The van der Waals surface area contributed by atoms with Crippen molar-refractivity contribution in [2.24, 2.45) is 0 Å². The van der Waals surface area contributed by atoms with E-state index in [1.165, 1.54) is 7.11 Å². The second-order valence-electron chi connectivity index (χ2n) is 2.81. The number of hydrogen-bond donors (Lipinski definition) is 1. The number of hydrogen-bond acceptors (Lipinski definition) is 3. The third-order valence-electron chi connectivity index (χ3n) is 1.90. The number of rotatable bonds is 6. The summed E-state index contributed by atoms with van der Waals surface area (Å²) in [5, 5.41) is 2.90. The molecule has 0 aliphatic heterocycles. The molecule has 0 saturated heterocycles. The Hall–Kier alpha value is -1.01. The maximum absolute atomic E-state index is 11.1. The number of esters is 1. The molecule has 0 heterocycles. The smallest absolute Gasteiger partial charge is 0.322 e. The molecule has 0 aromatic carbocycles. The van der Waals surface area contributed by atoms with Crippen LogP contribution in [0.1, 0.15) is 25.7 Å². The summed E-state index contributed by atoms with van der Waals surface area (Å²) in [5.41, 5.74) is 0. The highest BCUT2D eigenvalue weighted by molar-refractivity contribution is 5.75. The highest BCUT2D eigenvalue weighted by Gasteiger charge is 2.15. The molecule has 0 aromatic rings. The first kappa shape index (κ1) is 12.0. The summed E-state index contributed by atoms with van der Waals surface area (Å²) >= 11 is 0. The summed E-state index contributed by atoms with van der Waals surface area (Å²) in [5.74, 6) is 2.36. The summed E-state index contributed by atoms with van der Waals surface area (Å²) < 4.78 is 4.62. The topological polar surface area (TPSA) is 38.3 Å². The van der Waals surface area contributed by atoms with Crippen LogP contribution in [0.2, 0.25) is 0 Å². The predicted octanol–water partition coefficient (Wildman–Crippen LogP) is 0.941. The Morgan fingerprint density at radius 3 is 2.77 bits per heavy atom. The minimum Gasteiger partial charge on any atom is -0.468 e. The summed E-state index contributed by atoms with van der Waals surface area (Å²) in [7, 11) is 3.15. The maximum Gasteiger partial charge on any atom is 0.322 e. The van der Waals surface area contributed by atoms with Crippen LogP contribution in [0.15, 0.2) is 0 Å². The summed E-state index contributed by atoms with van der Waals surface area (Å²) in [6.07, 6.45) is 8.58. The van der Waals surface area contributed by atoms with E-state index in [1.807, 2.05) is 0 Å². The van der Waals surface area contributed by atoms with E-state index in [2.05, 4.69) is 16.0 Å². The lowest BCUT2D eigenvalue weighted by molar-refractivity contribution is -0.143. The number of carbonyl (C=O) groups is 1. The lowest BCUT2D eigenvalue weighted by Gasteiger charge is -2.12. The van der Waals surface area contributed by atoms with Gasteiger partial charge in [-0.1, -0.05) is 6.42 Å². The molecule has 1 atom stereocenters. The lowest BCUT2D eigenvalue weighted by Crippen LogP contribution is -2.34. The molecular weight excluding hydrogens is 166 g/mol. The number of unbranched alkanes of at least 4 members (excludes halogenated alkanes) is 2. The molecule has 0 fully saturated rings. The quantitative estimate of drug-likeness (QED) is 0.378. The van der Waals surface area contributed by atoms with E-state index in [4.69, 9.17) is 6.42 Å². The predicted molar refractivity (Wildman–Crippen MR) is 52.2 cm³/mol. The van der Waals surface area contributed by atoms with Crippen LogP contribution in [0, 0.1) is 12.3 Å². The fourth-order valence-electron chi connectivity index (χ4n) is 1.10. The van der Waals surface area contributed by atoms with Crippen LogP contribution in [-0.4, -0.2) is 26.2 Å². The van der Waals surface area contributed by atoms with E-state index in [1.54, 1.807) is 7.05 Å². The highest BCUT2D eigenvalue weighted by Crippen LogP contribution is 2.04. The molecule has 0 saturated carbocycles. The number of terminal acetylenes is 1. The van der Waals surface area contributed by atoms with Gasteiger partial charge in [-0.3, -0.25) is 4.79 Å². The van der Waals surface area contributed by atoms with E-state index in [9.17, 15) is 4.79 Å². The average molecular weight is 183 g/mol. The van der Waals surface area contributed by atoms with Gasteiger partial charge in [0, 0.05) is 6.42 Å². The Labute approximate surface area is 79.8 Å². The van der Waals surface area contributed by atoms with Gasteiger partial charge in [0.05, 0.1) is 7.11 Å². The number of carbonyl (C=O) groups excluding carboxylic acids is 1. The molecule has 3 heteroatoms. The summed E-state index contributed by atoms with van der Waals surface area (Å²) in [6.45, 7) is 0. The number of nitrogens with one attached hydrogen (secondary N) is 1. The molecule has 0 aromatic heterocycles. The van der Waals surface area contributed by atoms with Crippen LogP contribution < -0.4 is 5.32 Å². The molecule has 1 N–H and O–H groups in total. The molecule has 0 aliphatic carbocycles. The fraction of sp³-hybridized carbons (Fsp3) is 0.700. The molecule has 1 unspecified atom stereocenters. The van der Waals surface area contributed by atoms with Gasteiger partial charge in [0.2, 0.25) is 0 Å². The lowest BCUT2D eigenvalue weighted by atomic mass is 10.1. The Bertz CT molecular complexity index is 184. The van der Waals surface area contributed by atoms with Crippen LogP contribution in [0.4, 0.5) is 0 Å². The second-order valence-corrected chi connectivity index (χ2v) is 2.81. The van der Waals surface area contributed by atoms with Crippen molar-refractivity contribution < 1.29 is 9.53 Å². The van der Waals surface area contributed by atoms with E-state index in [0.29, 0.717) is 0 Å². The normalized spacial score (nSPS) is 11.8. The van der Waals surface area contributed by atoms with Gasteiger partial charge in [0.25, 0.3) is 0 Å². The van der Waals surface area contributed by atoms with Crippen molar-refractivity contribution in [3.63, 3.8) is 0 Å². The SMILES string of the molecule is C#CCCCCC(NC)C(=O)OC. The maximum atomic E-state index is 11.1. The van der Waals surface area contributed by atoms with Crippen LogP contribution in [0.5, 0.6) is 0 Å². The molecule has 0 amide bonds. The molecule has 3 nitrogen and oxygen atoms in total. The Kier molecular flexibility index (Phi) is 7.04. The van der Waals surface area contributed by atoms with Gasteiger partial charge in [-0.05, 0) is 19.9 Å². The zero-order valence-corrected chi connectivity index (χ0v) is 8.30. The molecule has 0 bridgehead atoms. The summed E-state index contributed by atoms with van der Waals surface area (Å²) in [6, 6.07) is -0.192. The second kappa shape index (κ2) is 7.63. The minimum absolute atomic E-state index is 0.192. The van der Waals surface area contributed by atoms with Crippen molar-refractivity contribution >= 4 is 5.97 Å². The third kappa shape index (κ3) is 5.26. The molecule has 74 valence electrons. The number of ether oxygens (including phenoxy) is 1. The largest absolute Gasteiger partial charge is 0.468 e. The van der Waals surface area contributed by atoms with Crippen molar-refractivity contribution in [1.29, 1.82) is 0 Å². The van der Waals surface area contributed by atoms with Crippen LogP contribution in [0.3, 0.4) is 0 Å². The molecular formula is C10H17NO2. The van der Waals surface area contributed by atoms with E-state index >= 15 is 0 Å². The van der Waals surface area contributed by atoms with Gasteiger partial charge >= 0.3 is 5.97 Å². The van der Waals surface area contributed by atoms with Crippen molar-refractivity contribution in [2.75, 3.05) is 14.2 Å². The van der Waals surface area contributed by atoms with Crippen LogP contribution >= 0.6 is 0 Å². The van der Waals surface area contributed by atoms with Crippen LogP contribution in [0.25, 0.3) is 0 Å². The Morgan fingerprint density at radius 1 is 1.62 bits per heavy atom. The molecule has 0 rings (SSSR count). The van der Waals surface area contributed by atoms with E-state index in [-0.39, 0.29) is 12.0 Å². The van der Waals surface area contributed by atoms with Crippen molar-refractivity contribution in [1.82, 2.24) is 5.32 Å². The Balaban J connectivity index is 3.61. The van der Waals surface area contributed by atoms with Gasteiger partial charge in [0.1, 0.15) is 6.04 Å². The monoisotopic (exact) mass is 183 g/mol. The Morgan fingerprint density at radius 2 is 2.31 bits per heavy atom. The van der Waals surface area contributed by atoms with Gasteiger partial charge < -0.3 is 10.1 Å². The number of methoxy groups -OCH3 is 1. The zero-order chi connectivity index (χ0) is 10.1. The standard InChI is InChI=1S/C10H17NO2/c1-4-5-6-7-8-9(11-2)10(12)13-3/h1,9,11H,5-8H2,2-3H3. The van der Waals surface area contributed by atoms with Gasteiger partial charge in [-0.2, -0.15) is 0 Å². The fourth-order valence-corrected chi connectivity index (χ4v) is 1.10.